The van der Waals surface area contributed by atoms with E-state index in [4.69, 9.17) is 0 Å². The summed E-state index contributed by atoms with van der Waals surface area (Å²) >= 11 is 1.67. The van der Waals surface area contributed by atoms with Crippen LogP contribution in [-0.2, 0) is 0 Å². The van der Waals surface area contributed by atoms with Crippen molar-refractivity contribution in [1.82, 2.24) is 14.8 Å². The molecule has 0 spiro atoms. The Kier molecular flexibility index (Phi) is 10.5. The predicted molar refractivity (Wildman–Crippen MR) is 173 cm³/mol. The molecule has 1 saturated carbocycles. The molecule has 7 rings (SSSR count). The van der Waals surface area contributed by atoms with Gasteiger partial charge in [-0.05, 0) is 40.5 Å². The zero-order valence-corrected chi connectivity index (χ0v) is 26.1. The van der Waals surface area contributed by atoms with Gasteiger partial charge in [-0.3, -0.25) is 14.8 Å². The fraction of sp³-hybridized carbons (Fsp3) is 0.344. The molecule has 1 unspecified atom stereocenters. The molecule has 1 aromatic heterocycles. The zero-order chi connectivity index (χ0) is 26.6. The summed E-state index contributed by atoms with van der Waals surface area (Å²) in [7, 11) is 0. The number of rotatable bonds is 6. The number of β-amino-alcohol motifs (C(OH)–C–C–N with tert-alkyl or cyclic N) is 1. The highest BCUT2D eigenvalue weighted by Crippen LogP contribution is 2.70. The first-order chi connectivity index (χ1) is 19.0. The lowest BCUT2D eigenvalue weighted by molar-refractivity contribution is 0.0696. The molecule has 2 aliphatic carbocycles. The smallest absolute Gasteiger partial charge is 0.263 e. The summed E-state index contributed by atoms with van der Waals surface area (Å²) in [5.74, 6) is -3.53. The second-order valence-corrected chi connectivity index (χ2v) is 12.0. The number of fused-ring (bicyclic) bond motifs is 6. The summed E-state index contributed by atoms with van der Waals surface area (Å²) in [6.07, 6.45) is 1.36. The number of aromatic nitrogens is 1. The molecule has 10 heteroatoms. The molecule has 4 aromatic rings. The van der Waals surface area contributed by atoms with Gasteiger partial charge in [0, 0.05) is 55.0 Å². The minimum absolute atomic E-state index is 0. The lowest BCUT2D eigenvalue weighted by atomic mass is 9.90. The molecule has 3 aromatic carbocycles. The van der Waals surface area contributed by atoms with Crippen LogP contribution in [0, 0.1) is 0 Å². The fourth-order valence-corrected chi connectivity index (χ4v) is 7.67. The molecule has 2 heterocycles. The van der Waals surface area contributed by atoms with Crippen LogP contribution in [0.3, 0.4) is 0 Å². The van der Waals surface area contributed by atoms with Crippen molar-refractivity contribution in [3.8, 4) is 0 Å². The highest BCUT2D eigenvalue weighted by Gasteiger charge is 2.71. The topological polar surface area (TPSA) is 39.6 Å². The summed E-state index contributed by atoms with van der Waals surface area (Å²) in [6.45, 7) is 3.95. The Balaban J connectivity index is 0.00000135. The van der Waals surface area contributed by atoms with Gasteiger partial charge < -0.3 is 5.11 Å². The van der Waals surface area contributed by atoms with E-state index in [2.05, 4.69) is 26.9 Å². The van der Waals surface area contributed by atoms with E-state index in [9.17, 15) is 13.9 Å². The van der Waals surface area contributed by atoms with Crippen LogP contribution in [0.5, 0.6) is 0 Å². The molecule has 42 heavy (non-hydrogen) atoms. The van der Waals surface area contributed by atoms with E-state index in [0.717, 1.165) is 64.2 Å². The monoisotopic (exact) mass is 651 g/mol. The lowest BCUT2D eigenvalue weighted by Gasteiger charge is -2.41. The van der Waals surface area contributed by atoms with Crippen molar-refractivity contribution in [2.75, 3.05) is 38.5 Å². The van der Waals surface area contributed by atoms with Crippen LogP contribution in [0.25, 0.3) is 10.9 Å². The van der Waals surface area contributed by atoms with Gasteiger partial charge >= 0.3 is 0 Å². The van der Waals surface area contributed by atoms with E-state index < -0.39 is 23.9 Å². The van der Waals surface area contributed by atoms with Crippen LogP contribution < -0.4 is 0 Å². The van der Waals surface area contributed by atoms with Gasteiger partial charge in [-0.15, -0.1) is 49.0 Å². The van der Waals surface area contributed by atoms with Crippen molar-refractivity contribution in [2.24, 2.45) is 0 Å². The molecule has 4 atom stereocenters. The normalized spacial score (nSPS) is 23.1. The quantitative estimate of drug-likeness (QED) is 0.223. The number of hydrogen-bond donors (Lipinski definition) is 1. The fourth-order valence-electron chi connectivity index (χ4n) is 6.69. The molecule has 0 radical (unpaired) electrons. The van der Waals surface area contributed by atoms with Gasteiger partial charge in [0.05, 0.1) is 29.5 Å². The number of aliphatic hydroxyl groups is 1. The highest BCUT2D eigenvalue weighted by molar-refractivity contribution is 7.99. The van der Waals surface area contributed by atoms with Crippen molar-refractivity contribution in [3.63, 3.8) is 0 Å². The maximum absolute atomic E-state index is 15.0. The van der Waals surface area contributed by atoms with Gasteiger partial charge in [-0.2, -0.15) is 0 Å². The zero-order valence-electron chi connectivity index (χ0n) is 22.8. The minimum Gasteiger partial charge on any atom is -0.391 e. The van der Waals surface area contributed by atoms with E-state index in [1.54, 1.807) is 18.0 Å². The van der Waals surface area contributed by atoms with Gasteiger partial charge in [-0.1, -0.05) is 60.7 Å². The van der Waals surface area contributed by atoms with E-state index in [1.165, 1.54) is 0 Å². The summed E-state index contributed by atoms with van der Waals surface area (Å²) in [6, 6.07) is 25.7. The van der Waals surface area contributed by atoms with E-state index in [1.807, 2.05) is 66.7 Å². The number of alkyl halides is 2. The number of halogens is 5. The van der Waals surface area contributed by atoms with Crippen molar-refractivity contribution in [1.29, 1.82) is 0 Å². The van der Waals surface area contributed by atoms with Crippen LogP contribution >= 0.6 is 49.0 Å². The first-order valence-electron chi connectivity index (χ1n) is 13.7. The van der Waals surface area contributed by atoms with Gasteiger partial charge in [0.25, 0.3) is 5.92 Å². The van der Waals surface area contributed by atoms with E-state index in [0.29, 0.717) is 12.3 Å². The predicted octanol–water partition coefficient (Wildman–Crippen LogP) is 7.19. The molecule has 3 aliphatic rings. The Bertz CT molecular complexity index is 1460. The van der Waals surface area contributed by atoms with Crippen molar-refractivity contribution in [2.45, 2.75) is 34.8 Å². The number of hydrogen-bond acceptors (Lipinski definition) is 5. The molecule has 0 amide bonds. The number of aliphatic hydroxyl groups excluding tert-OH is 1. The Morgan fingerprint density at radius 2 is 1.38 bits per heavy atom. The largest absolute Gasteiger partial charge is 0.391 e. The number of pyridine rings is 1. The third-order valence-electron chi connectivity index (χ3n) is 8.58. The molecule has 4 nitrogen and oxygen atoms in total. The Labute approximate surface area is 268 Å². The number of nitrogens with zero attached hydrogens (tertiary/aromatic N) is 3. The van der Waals surface area contributed by atoms with Crippen molar-refractivity contribution in [3.05, 3.63) is 107 Å². The number of piperazine rings is 1. The summed E-state index contributed by atoms with van der Waals surface area (Å²) in [5.41, 5.74) is 4.60. The van der Waals surface area contributed by atoms with Crippen molar-refractivity contribution >= 4 is 59.9 Å². The second kappa shape index (κ2) is 13.3. The van der Waals surface area contributed by atoms with Gasteiger partial charge in [-0.25, -0.2) is 8.78 Å². The third-order valence-corrected chi connectivity index (χ3v) is 9.80. The summed E-state index contributed by atoms with van der Waals surface area (Å²) < 4.78 is 30.0. The lowest BCUT2D eigenvalue weighted by Crippen LogP contribution is -2.50. The number of benzene rings is 3. The third kappa shape index (κ3) is 5.90. The molecule has 1 N–H and O–H groups in total. The molecule has 1 saturated heterocycles. The van der Waals surface area contributed by atoms with Crippen LogP contribution in [0.4, 0.5) is 8.78 Å². The van der Waals surface area contributed by atoms with E-state index >= 15 is 0 Å². The van der Waals surface area contributed by atoms with Crippen LogP contribution in [0.15, 0.2) is 90.0 Å². The standard InChI is InChI=1S/C32H31F2N3OS.3ClH/c33-32(34)29-22-7-1-3-9-24(22)31(25-10-4-2-8-23(25)30(29)32)37-17-15-36(16-18-37)19-21(38)20-39-28-13-5-12-27-26(28)11-6-14-35-27;;;/h1-14,21,29-31,38H,15-20H2;3*1H/t21-,29-,30+,31?;;;/m1.../s1. The average Bonchev–Trinajstić information content (AvgIpc) is 3.58. The summed E-state index contributed by atoms with van der Waals surface area (Å²) in [5, 5.41) is 12.0. The van der Waals surface area contributed by atoms with Gasteiger partial charge in [0.1, 0.15) is 0 Å². The molecule has 2 fully saturated rings. The first-order valence-corrected chi connectivity index (χ1v) is 14.7. The molecule has 1 aliphatic heterocycles. The van der Waals surface area contributed by atoms with Gasteiger partial charge in [0.2, 0.25) is 0 Å². The van der Waals surface area contributed by atoms with Crippen LogP contribution in [0.2, 0.25) is 0 Å². The summed E-state index contributed by atoms with van der Waals surface area (Å²) in [4.78, 5) is 10.3. The molecular formula is C32H34Cl3F2N3OS. The van der Waals surface area contributed by atoms with Crippen LogP contribution in [0.1, 0.15) is 40.1 Å². The van der Waals surface area contributed by atoms with Gasteiger partial charge in [0.15, 0.2) is 0 Å². The Morgan fingerprint density at radius 1 is 0.786 bits per heavy atom. The molecule has 224 valence electrons. The Morgan fingerprint density at radius 3 is 2.00 bits per heavy atom. The highest BCUT2D eigenvalue weighted by atomic mass is 35.5. The maximum atomic E-state index is 15.0. The maximum Gasteiger partial charge on any atom is 0.263 e. The average molecular weight is 653 g/mol. The molecule has 0 bridgehead atoms. The van der Waals surface area contributed by atoms with E-state index in [-0.39, 0.29) is 43.3 Å². The van der Waals surface area contributed by atoms with Crippen LogP contribution in [-0.4, -0.2) is 70.4 Å². The SMILES string of the molecule is Cl.Cl.Cl.O[C@@H](CSc1cccc2ncccc12)CN1CCN(C2c3ccccc3[C@@H]3[C@H](c4ccccc42)C3(F)F)CC1. The Hall–Kier alpha value is -1.97. The second-order valence-electron chi connectivity index (χ2n) is 10.9. The number of thioether (sulfide) groups is 1. The molecular weight excluding hydrogens is 619 g/mol. The first kappa shape index (κ1) is 32.9. The van der Waals surface area contributed by atoms with Crippen molar-refractivity contribution < 1.29 is 13.9 Å². The minimum atomic E-state index is -2.69.